The summed E-state index contributed by atoms with van der Waals surface area (Å²) in [6.45, 7) is 2.08. The van der Waals surface area contributed by atoms with Gasteiger partial charge in [0.05, 0.1) is 0 Å². The molecule has 0 bridgehead atoms. The van der Waals surface area contributed by atoms with E-state index in [-0.39, 0.29) is 0 Å². The predicted octanol–water partition coefficient (Wildman–Crippen LogP) is 4.01. The molecule has 0 aliphatic heterocycles. The third-order valence-corrected chi connectivity index (χ3v) is 2.30. The van der Waals surface area contributed by atoms with Crippen LogP contribution in [0.4, 0.5) is 0 Å². The van der Waals surface area contributed by atoms with E-state index in [0.29, 0.717) is 5.88 Å². The molecule has 0 atom stereocenters. The van der Waals surface area contributed by atoms with Crippen molar-refractivity contribution in [3.8, 4) is 0 Å². The Morgan fingerprint density at radius 3 is 2.92 bits per heavy atom. The summed E-state index contributed by atoms with van der Waals surface area (Å²) < 4.78 is 1.10. The maximum atomic E-state index is 5.55. The van der Waals surface area contributed by atoms with Gasteiger partial charge < -0.3 is 0 Å². The van der Waals surface area contributed by atoms with Crippen molar-refractivity contribution in [3.63, 3.8) is 0 Å². The lowest BCUT2D eigenvalue weighted by Gasteiger charge is -1.99. The van der Waals surface area contributed by atoms with Crippen molar-refractivity contribution in [2.24, 2.45) is 0 Å². The fourth-order valence-electron chi connectivity index (χ4n) is 0.962. The molecule has 0 fully saturated rings. The van der Waals surface area contributed by atoms with Crippen LogP contribution in [0.15, 0.2) is 28.7 Å². The minimum atomic E-state index is 0.561. The zero-order valence-corrected chi connectivity index (χ0v) is 9.19. The van der Waals surface area contributed by atoms with Gasteiger partial charge in [-0.25, -0.2) is 0 Å². The van der Waals surface area contributed by atoms with E-state index in [9.17, 15) is 0 Å². The summed E-state index contributed by atoms with van der Waals surface area (Å²) >= 11 is 8.97. The van der Waals surface area contributed by atoms with E-state index in [1.807, 2.05) is 18.2 Å². The van der Waals surface area contributed by atoms with Crippen molar-refractivity contribution >= 4 is 33.6 Å². The number of halogens is 2. The number of benzene rings is 1. The number of aryl methyl sites for hydroxylation is 1. The van der Waals surface area contributed by atoms with Crippen molar-refractivity contribution < 1.29 is 0 Å². The number of alkyl halides is 1. The van der Waals surface area contributed by atoms with E-state index in [1.54, 1.807) is 0 Å². The summed E-state index contributed by atoms with van der Waals surface area (Å²) in [6, 6.07) is 6.20. The first kappa shape index (κ1) is 9.82. The molecule has 0 N–H and O–H groups in total. The van der Waals surface area contributed by atoms with Crippen LogP contribution in [0.25, 0.3) is 6.08 Å². The maximum Gasteiger partial charge on any atom is 0.0407 e. The second kappa shape index (κ2) is 4.68. The van der Waals surface area contributed by atoms with Gasteiger partial charge in [0.2, 0.25) is 0 Å². The van der Waals surface area contributed by atoms with E-state index < -0.39 is 0 Å². The summed E-state index contributed by atoms with van der Waals surface area (Å²) in [5, 5.41) is 0. The van der Waals surface area contributed by atoms with Crippen molar-refractivity contribution in [1.29, 1.82) is 0 Å². The molecule has 0 amide bonds. The van der Waals surface area contributed by atoms with Crippen LogP contribution in [0.5, 0.6) is 0 Å². The number of hydrogen-bond donors (Lipinski definition) is 0. The van der Waals surface area contributed by atoms with E-state index in [1.165, 1.54) is 11.1 Å². The molecule has 0 aromatic heterocycles. The molecule has 2 heteroatoms. The molecule has 12 heavy (non-hydrogen) atoms. The monoisotopic (exact) mass is 244 g/mol. The molecule has 1 aromatic rings. The normalized spacial score (nSPS) is 10.9. The van der Waals surface area contributed by atoms with Gasteiger partial charge in [-0.1, -0.05) is 34.1 Å². The smallest absolute Gasteiger partial charge is 0.0407 e. The van der Waals surface area contributed by atoms with E-state index in [2.05, 4.69) is 35.0 Å². The molecule has 1 aromatic carbocycles. The maximum absolute atomic E-state index is 5.55. The fraction of sp³-hybridized carbons (Fsp3) is 0.200. The highest BCUT2D eigenvalue weighted by Crippen LogP contribution is 2.17. The van der Waals surface area contributed by atoms with Gasteiger partial charge in [0.25, 0.3) is 0 Å². The van der Waals surface area contributed by atoms with Crippen molar-refractivity contribution in [2.45, 2.75) is 6.92 Å². The van der Waals surface area contributed by atoms with Gasteiger partial charge in [0, 0.05) is 10.4 Å². The first-order valence-corrected chi connectivity index (χ1v) is 5.05. The van der Waals surface area contributed by atoms with Crippen LogP contribution < -0.4 is 0 Å². The van der Waals surface area contributed by atoms with Crippen LogP contribution in [-0.4, -0.2) is 5.88 Å². The summed E-state index contributed by atoms with van der Waals surface area (Å²) in [5.41, 5.74) is 2.48. The van der Waals surface area contributed by atoms with Crippen LogP contribution in [0.3, 0.4) is 0 Å². The largest absolute Gasteiger partial charge is 0.122 e. The first-order chi connectivity index (χ1) is 5.74. The zero-order chi connectivity index (χ0) is 8.97. The second-order valence-corrected chi connectivity index (χ2v) is 3.78. The van der Waals surface area contributed by atoms with Gasteiger partial charge in [-0.05, 0) is 30.2 Å². The Kier molecular flexibility index (Phi) is 3.83. The second-order valence-electron chi connectivity index (χ2n) is 2.56. The highest BCUT2D eigenvalue weighted by atomic mass is 79.9. The van der Waals surface area contributed by atoms with E-state index in [4.69, 9.17) is 11.6 Å². The van der Waals surface area contributed by atoms with Crippen LogP contribution in [0, 0.1) is 6.92 Å². The van der Waals surface area contributed by atoms with Crippen LogP contribution in [0.1, 0.15) is 11.1 Å². The summed E-state index contributed by atoms with van der Waals surface area (Å²) in [6.07, 6.45) is 3.98. The van der Waals surface area contributed by atoms with Crippen molar-refractivity contribution in [2.75, 3.05) is 5.88 Å². The van der Waals surface area contributed by atoms with Gasteiger partial charge in [-0.15, -0.1) is 11.6 Å². The van der Waals surface area contributed by atoms with E-state index in [0.717, 1.165) is 4.47 Å². The molecule has 0 radical (unpaired) electrons. The molecule has 0 spiro atoms. The predicted molar refractivity (Wildman–Crippen MR) is 58.6 cm³/mol. The average molecular weight is 246 g/mol. The molecule has 0 unspecified atom stereocenters. The van der Waals surface area contributed by atoms with Gasteiger partial charge in [-0.3, -0.25) is 0 Å². The average Bonchev–Trinajstić information content (AvgIpc) is 2.07. The van der Waals surface area contributed by atoms with E-state index >= 15 is 0 Å². The lowest BCUT2D eigenvalue weighted by atomic mass is 10.1. The Bertz CT molecular complexity index is 292. The number of rotatable bonds is 2. The minimum Gasteiger partial charge on any atom is -0.122 e. The highest BCUT2D eigenvalue weighted by Gasteiger charge is 1.93. The van der Waals surface area contributed by atoms with Gasteiger partial charge >= 0.3 is 0 Å². The molecule has 0 nitrogen and oxygen atoms in total. The fourth-order valence-corrected chi connectivity index (χ4v) is 1.43. The lowest BCUT2D eigenvalue weighted by molar-refractivity contribution is 1.43. The van der Waals surface area contributed by atoms with Gasteiger partial charge in [0.1, 0.15) is 0 Å². The minimum absolute atomic E-state index is 0.561. The molecule has 0 aliphatic carbocycles. The quantitative estimate of drug-likeness (QED) is 0.691. The Hall–Kier alpha value is -0.270. The van der Waals surface area contributed by atoms with Crippen LogP contribution in [0.2, 0.25) is 0 Å². The third-order valence-electron chi connectivity index (χ3n) is 1.63. The molecular weight excluding hydrogens is 235 g/mol. The molecule has 0 saturated carbocycles. The molecule has 0 heterocycles. The lowest BCUT2D eigenvalue weighted by Crippen LogP contribution is -1.79. The Labute approximate surface area is 86.4 Å². The van der Waals surface area contributed by atoms with Crippen molar-refractivity contribution in [3.05, 3.63) is 39.9 Å². The van der Waals surface area contributed by atoms with Crippen molar-refractivity contribution in [1.82, 2.24) is 0 Å². The van der Waals surface area contributed by atoms with Gasteiger partial charge in [0.15, 0.2) is 0 Å². The molecule has 1 rings (SSSR count). The summed E-state index contributed by atoms with van der Waals surface area (Å²) in [4.78, 5) is 0. The molecule has 64 valence electrons. The van der Waals surface area contributed by atoms with Gasteiger partial charge in [-0.2, -0.15) is 0 Å². The standard InChI is InChI=1S/C10H10BrCl/c1-8-4-5-10(11)7-9(8)3-2-6-12/h2-5,7H,6H2,1H3. The number of hydrogen-bond acceptors (Lipinski definition) is 0. The third kappa shape index (κ3) is 2.65. The topological polar surface area (TPSA) is 0 Å². The zero-order valence-electron chi connectivity index (χ0n) is 6.85. The van der Waals surface area contributed by atoms with Crippen LogP contribution >= 0.6 is 27.5 Å². The molecule has 0 saturated heterocycles. The molecule has 0 aliphatic rings. The summed E-state index contributed by atoms with van der Waals surface area (Å²) in [5.74, 6) is 0.561. The first-order valence-electron chi connectivity index (χ1n) is 3.72. The Morgan fingerprint density at radius 1 is 1.50 bits per heavy atom. The summed E-state index contributed by atoms with van der Waals surface area (Å²) in [7, 11) is 0. The SMILES string of the molecule is Cc1ccc(Br)cc1C=CCCl. The highest BCUT2D eigenvalue weighted by molar-refractivity contribution is 9.10. The number of allylic oxidation sites excluding steroid dienone is 1. The molecular formula is C10H10BrCl. The Balaban J connectivity index is 2.97. The Morgan fingerprint density at radius 2 is 2.25 bits per heavy atom. The van der Waals surface area contributed by atoms with Crippen LogP contribution in [-0.2, 0) is 0 Å².